The molecule has 2 aromatic rings. The maximum atomic E-state index is 11.7. The number of carbonyl (C=O) groups excluding carboxylic acids is 1. The Hall–Kier alpha value is -1.75. The standard InChI is InChI=1S/C10H9N3OS/c1-7-9(12-13-15-7)10(14)11-8-5-3-2-4-6-8/h2-6H,1H3,(H,11,14). The van der Waals surface area contributed by atoms with Crippen molar-refractivity contribution < 1.29 is 4.79 Å². The van der Waals surface area contributed by atoms with E-state index in [1.165, 1.54) is 11.5 Å². The Balaban J connectivity index is 2.15. The fourth-order valence-electron chi connectivity index (χ4n) is 1.15. The van der Waals surface area contributed by atoms with Crippen LogP contribution in [0.2, 0.25) is 0 Å². The molecule has 0 aliphatic carbocycles. The van der Waals surface area contributed by atoms with Gasteiger partial charge >= 0.3 is 0 Å². The summed E-state index contributed by atoms with van der Waals surface area (Å²) in [5.41, 5.74) is 1.15. The highest BCUT2D eigenvalue weighted by atomic mass is 32.1. The zero-order chi connectivity index (χ0) is 10.7. The second-order valence-electron chi connectivity index (χ2n) is 3.00. The monoisotopic (exact) mass is 219 g/mol. The van der Waals surface area contributed by atoms with Gasteiger partial charge in [0.15, 0.2) is 5.69 Å². The van der Waals surface area contributed by atoms with Crippen LogP contribution >= 0.6 is 11.5 Å². The van der Waals surface area contributed by atoms with Gasteiger partial charge in [-0.1, -0.05) is 22.7 Å². The predicted octanol–water partition coefficient (Wildman–Crippen LogP) is 2.10. The minimum Gasteiger partial charge on any atom is -0.321 e. The van der Waals surface area contributed by atoms with Crippen LogP contribution in [0.3, 0.4) is 0 Å². The minimum atomic E-state index is -0.215. The van der Waals surface area contributed by atoms with E-state index in [4.69, 9.17) is 0 Å². The number of anilines is 1. The van der Waals surface area contributed by atoms with Gasteiger partial charge in [0.05, 0.1) is 4.88 Å². The van der Waals surface area contributed by atoms with Crippen LogP contribution in [-0.4, -0.2) is 15.5 Å². The smallest absolute Gasteiger partial charge is 0.277 e. The minimum absolute atomic E-state index is 0.215. The van der Waals surface area contributed by atoms with E-state index in [1.54, 1.807) is 0 Å². The number of rotatable bonds is 2. The number of hydrogen-bond donors (Lipinski definition) is 1. The molecule has 1 aromatic carbocycles. The Labute approximate surface area is 91.1 Å². The van der Waals surface area contributed by atoms with Crippen LogP contribution < -0.4 is 5.32 Å². The van der Waals surface area contributed by atoms with Crippen LogP contribution in [0.25, 0.3) is 0 Å². The van der Waals surface area contributed by atoms with Crippen LogP contribution in [0, 0.1) is 6.92 Å². The van der Waals surface area contributed by atoms with Gasteiger partial charge < -0.3 is 5.32 Å². The van der Waals surface area contributed by atoms with E-state index in [1.807, 2.05) is 37.3 Å². The molecule has 0 saturated carbocycles. The number of aryl methyl sites for hydroxylation is 1. The molecule has 0 spiro atoms. The Morgan fingerprint density at radius 2 is 2.07 bits per heavy atom. The van der Waals surface area contributed by atoms with E-state index in [0.29, 0.717) is 5.69 Å². The number of aromatic nitrogens is 2. The lowest BCUT2D eigenvalue weighted by Crippen LogP contribution is -2.13. The Bertz CT molecular complexity index is 467. The summed E-state index contributed by atoms with van der Waals surface area (Å²) in [5.74, 6) is -0.215. The summed E-state index contributed by atoms with van der Waals surface area (Å²) in [6.07, 6.45) is 0. The quantitative estimate of drug-likeness (QED) is 0.841. The molecule has 0 radical (unpaired) electrons. The first kappa shape index (κ1) is 9.79. The molecule has 0 fully saturated rings. The molecule has 76 valence electrons. The average molecular weight is 219 g/mol. The number of hydrogen-bond acceptors (Lipinski definition) is 4. The summed E-state index contributed by atoms with van der Waals surface area (Å²) in [6.45, 7) is 1.82. The van der Waals surface area contributed by atoms with Gasteiger partial charge in [-0.3, -0.25) is 4.79 Å². The van der Waals surface area contributed by atoms with Crippen molar-refractivity contribution in [2.24, 2.45) is 0 Å². The lowest BCUT2D eigenvalue weighted by atomic mass is 10.3. The van der Waals surface area contributed by atoms with Crippen molar-refractivity contribution in [2.45, 2.75) is 6.92 Å². The van der Waals surface area contributed by atoms with Gasteiger partial charge in [0.25, 0.3) is 5.91 Å². The van der Waals surface area contributed by atoms with E-state index < -0.39 is 0 Å². The molecule has 1 aromatic heterocycles. The average Bonchev–Trinajstić information content (AvgIpc) is 2.66. The molecule has 5 heteroatoms. The summed E-state index contributed by atoms with van der Waals surface area (Å²) in [4.78, 5) is 12.5. The van der Waals surface area contributed by atoms with Gasteiger partial charge in [-0.05, 0) is 30.6 Å². The number of carbonyl (C=O) groups is 1. The molecule has 1 N–H and O–H groups in total. The molecule has 0 aliphatic heterocycles. The number of para-hydroxylation sites is 1. The number of nitrogens with zero attached hydrogens (tertiary/aromatic N) is 2. The highest BCUT2D eigenvalue weighted by Gasteiger charge is 2.12. The van der Waals surface area contributed by atoms with Crippen LogP contribution in [0.4, 0.5) is 5.69 Å². The van der Waals surface area contributed by atoms with Gasteiger partial charge in [0, 0.05) is 5.69 Å². The molecule has 1 heterocycles. The van der Waals surface area contributed by atoms with Gasteiger partial charge in [-0.15, -0.1) is 5.10 Å². The van der Waals surface area contributed by atoms with Crippen LogP contribution in [0.5, 0.6) is 0 Å². The van der Waals surface area contributed by atoms with E-state index >= 15 is 0 Å². The number of amides is 1. The molecular formula is C10H9N3OS. The summed E-state index contributed by atoms with van der Waals surface area (Å²) in [5, 5.41) is 6.52. The van der Waals surface area contributed by atoms with E-state index in [0.717, 1.165) is 10.6 Å². The Morgan fingerprint density at radius 1 is 1.33 bits per heavy atom. The van der Waals surface area contributed by atoms with Crippen LogP contribution in [-0.2, 0) is 0 Å². The maximum Gasteiger partial charge on any atom is 0.277 e. The van der Waals surface area contributed by atoms with Crippen molar-refractivity contribution >= 4 is 23.1 Å². The van der Waals surface area contributed by atoms with Crippen molar-refractivity contribution in [1.29, 1.82) is 0 Å². The Morgan fingerprint density at radius 3 is 2.67 bits per heavy atom. The van der Waals surface area contributed by atoms with Gasteiger partial charge in [0.2, 0.25) is 0 Å². The van der Waals surface area contributed by atoms with Crippen molar-refractivity contribution in [3.8, 4) is 0 Å². The van der Waals surface area contributed by atoms with Crippen molar-refractivity contribution in [3.05, 3.63) is 40.9 Å². The van der Waals surface area contributed by atoms with Crippen molar-refractivity contribution in [3.63, 3.8) is 0 Å². The zero-order valence-corrected chi connectivity index (χ0v) is 8.91. The summed E-state index contributed by atoms with van der Waals surface area (Å²) in [7, 11) is 0. The fraction of sp³-hybridized carbons (Fsp3) is 0.100. The molecule has 0 atom stereocenters. The SMILES string of the molecule is Cc1snnc1C(=O)Nc1ccccc1. The third kappa shape index (κ3) is 2.19. The summed E-state index contributed by atoms with van der Waals surface area (Å²) in [6, 6.07) is 9.27. The largest absolute Gasteiger partial charge is 0.321 e. The molecule has 0 unspecified atom stereocenters. The first-order valence-corrected chi connectivity index (χ1v) is 5.20. The molecule has 15 heavy (non-hydrogen) atoms. The normalized spacial score (nSPS) is 9.93. The van der Waals surface area contributed by atoms with Crippen molar-refractivity contribution in [2.75, 3.05) is 5.32 Å². The van der Waals surface area contributed by atoms with E-state index in [9.17, 15) is 4.79 Å². The first-order valence-electron chi connectivity index (χ1n) is 4.43. The lowest BCUT2D eigenvalue weighted by molar-refractivity contribution is 0.102. The molecule has 0 aliphatic rings. The highest BCUT2D eigenvalue weighted by Crippen LogP contribution is 2.11. The number of nitrogens with one attached hydrogen (secondary N) is 1. The molecule has 0 saturated heterocycles. The van der Waals surface area contributed by atoms with E-state index in [-0.39, 0.29) is 5.91 Å². The second-order valence-corrected chi connectivity index (χ2v) is 3.96. The van der Waals surface area contributed by atoms with Crippen LogP contribution in [0.15, 0.2) is 30.3 Å². The molecule has 2 rings (SSSR count). The summed E-state index contributed by atoms with van der Waals surface area (Å²) < 4.78 is 3.72. The molecule has 0 bridgehead atoms. The van der Waals surface area contributed by atoms with Crippen molar-refractivity contribution in [1.82, 2.24) is 9.59 Å². The van der Waals surface area contributed by atoms with Crippen LogP contribution in [0.1, 0.15) is 15.4 Å². The van der Waals surface area contributed by atoms with Gasteiger partial charge in [0.1, 0.15) is 0 Å². The third-order valence-electron chi connectivity index (χ3n) is 1.90. The highest BCUT2D eigenvalue weighted by molar-refractivity contribution is 7.05. The fourth-order valence-corrected chi connectivity index (χ4v) is 1.62. The summed E-state index contributed by atoms with van der Waals surface area (Å²) >= 11 is 1.22. The zero-order valence-electron chi connectivity index (χ0n) is 8.10. The number of benzene rings is 1. The first-order chi connectivity index (χ1) is 7.27. The third-order valence-corrected chi connectivity index (χ3v) is 2.53. The van der Waals surface area contributed by atoms with Gasteiger partial charge in [-0.25, -0.2) is 0 Å². The Kier molecular flexibility index (Phi) is 2.73. The second kappa shape index (κ2) is 4.18. The predicted molar refractivity (Wildman–Crippen MR) is 59.0 cm³/mol. The molecular weight excluding hydrogens is 210 g/mol. The van der Waals surface area contributed by atoms with E-state index in [2.05, 4.69) is 14.9 Å². The topological polar surface area (TPSA) is 54.9 Å². The van der Waals surface area contributed by atoms with Gasteiger partial charge in [-0.2, -0.15) is 0 Å². The lowest BCUT2D eigenvalue weighted by Gasteiger charge is -2.01. The molecule has 1 amide bonds. The molecule has 4 nitrogen and oxygen atoms in total. The maximum absolute atomic E-state index is 11.7.